The Bertz CT molecular complexity index is 1220. The van der Waals surface area contributed by atoms with Gasteiger partial charge in [-0.05, 0) is 32.0 Å². The van der Waals surface area contributed by atoms with E-state index in [9.17, 15) is 31.5 Å². The fourth-order valence-corrected chi connectivity index (χ4v) is 3.73. The highest BCUT2D eigenvalue weighted by atomic mass is 32.1. The van der Waals surface area contributed by atoms with E-state index in [0.717, 1.165) is 17.5 Å². The molecular formula is C21H17F5N4O3S. The molecule has 7 nitrogen and oxygen atoms in total. The predicted molar refractivity (Wildman–Crippen MR) is 112 cm³/mol. The van der Waals surface area contributed by atoms with Crippen LogP contribution in [0.5, 0.6) is 0 Å². The number of thiazole rings is 1. The van der Waals surface area contributed by atoms with Gasteiger partial charge in [-0.25, -0.2) is 23.5 Å². The third kappa shape index (κ3) is 5.53. The Kier molecular flexibility index (Phi) is 6.69. The Hall–Kier alpha value is -3.48. The number of carboxylic acids is 1. The van der Waals surface area contributed by atoms with E-state index in [4.69, 9.17) is 5.11 Å². The molecule has 2 heterocycles. The van der Waals surface area contributed by atoms with Crippen molar-refractivity contribution in [3.8, 4) is 10.7 Å². The molecule has 0 radical (unpaired) electrons. The summed E-state index contributed by atoms with van der Waals surface area (Å²) in [6.07, 6.45) is -2.41. The van der Waals surface area contributed by atoms with Crippen molar-refractivity contribution >= 4 is 23.2 Å². The summed E-state index contributed by atoms with van der Waals surface area (Å²) in [5.74, 6) is -5.84. The summed E-state index contributed by atoms with van der Waals surface area (Å²) < 4.78 is 67.2. The van der Waals surface area contributed by atoms with Gasteiger partial charge in [0.05, 0.1) is 29.2 Å². The second-order valence-electron chi connectivity index (χ2n) is 7.46. The number of aromatic nitrogens is 3. The maximum atomic E-state index is 13.8. The van der Waals surface area contributed by atoms with Crippen molar-refractivity contribution in [2.45, 2.75) is 38.9 Å². The zero-order valence-corrected chi connectivity index (χ0v) is 18.7. The Morgan fingerprint density at radius 3 is 2.26 bits per heavy atom. The van der Waals surface area contributed by atoms with Gasteiger partial charge in [0.1, 0.15) is 15.6 Å². The Balaban J connectivity index is 1.98. The molecule has 0 spiro atoms. The summed E-state index contributed by atoms with van der Waals surface area (Å²) in [5.41, 5.74) is -2.16. The van der Waals surface area contributed by atoms with E-state index >= 15 is 0 Å². The number of carbonyl (C=O) groups is 2. The number of aromatic carboxylic acids is 1. The molecule has 1 atom stereocenters. The summed E-state index contributed by atoms with van der Waals surface area (Å²) in [6.45, 7) is 3.52. The van der Waals surface area contributed by atoms with Crippen LogP contribution in [0, 0.1) is 6.92 Å². The molecule has 13 heteroatoms. The largest absolute Gasteiger partial charge is 0.477 e. The summed E-state index contributed by atoms with van der Waals surface area (Å²) in [5, 5.41) is 11.8. The fraction of sp³-hybridized carbons (Fsp3) is 0.286. The Morgan fingerprint density at radius 2 is 1.71 bits per heavy atom. The number of hydrogen-bond donors (Lipinski definition) is 2. The lowest BCUT2D eigenvalue weighted by Gasteiger charge is -2.19. The smallest absolute Gasteiger partial charge is 0.416 e. The third-order valence-corrected chi connectivity index (χ3v) is 5.62. The van der Waals surface area contributed by atoms with Crippen LogP contribution in [0.4, 0.5) is 22.0 Å². The number of carboxylic acid groups (broad SMARTS) is 1. The molecule has 1 aromatic carbocycles. The number of hydrogen-bond acceptors (Lipinski definition) is 6. The fourth-order valence-electron chi connectivity index (χ4n) is 2.97. The van der Waals surface area contributed by atoms with E-state index in [1.807, 2.05) is 0 Å². The molecule has 0 aliphatic heterocycles. The number of aryl methyl sites for hydroxylation is 1. The second kappa shape index (κ2) is 9.05. The van der Waals surface area contributed by atoms with Crippen molar-refractivity contribution in [3.63, 3.8) is 0 Å². The molecule has 0 aliphatic rings. The van der Waals surface area contributed by atoms with Crippen LogP contribution >= 0.6 is 11.3 Å². The first-order chi connectivity index (χ1) is 15.7. The van der Waals surface area contributed by atoms with Gasteiger partial charge in [0.15, 0.2) is 0 Å². The molecule has 2 aromatic heterocycles. The molecule has 0 bridgehead atoms. The standard InChI is InChI=1S/C21H17F5N4O3S/c1-9-7-27-16(18-28-8-14(34-18)19(32)33)15(29-9)10(2)30-17(31)11-4-12(20(3,22)23)6-13(5-11)21(24,25)26/h4-8,10H,1-3H3,(H,30,31)(H,32,33). The maximum Gasteiger partial charge on any atom is 0.416 e. The summed E-state index contributed by atoms with van der Waals surface area (Å²) in [6, 6.07) is 0.541. The molecule has 180 valence electrons. The molecule has 3 aromatic rings. The Labute approximate surface area is 193 Å². The molecule has 2 N–H and O–H groups in total. The highest BCUT2D eigenvalue weighted by Crippen LogP contribution is 2.36. The third-order valence-electron chi connectivity index (χ3n) is 4.63. The first kappa shape index (κ1) is 25.1. The van der Waals surface area contributed by atoms with Crippen molar-refractivity contribution in [2.75, 3.05) is 0 Å². The minimum Gasteiger partial charge on any atom is -0.477 e. The zero-order valence-electron chi connectivity index (χ0n) is 17.9. The van der Waals surface area contributed by atoms with E-state index in [1.165, 1.54) is 13.1 Å². The number of amides is 1. The van der Waals surface area contributed by atoms with Gasteiger partial charge in [0.2, 0.25) is 0 Å². The van der Waals surface area contributed by atoms with Gasteiger partial charge in [-0.2, -0.15) is 13.2 Å². The predicted octanol–water partition coefficient (Wildman–Crippen LogP) is 5.23. The quantitative estimate of drug-likeness (QED) is 0.449. The van der Waals surface area contributed by atoms with Gasteiger partial charge in [-0.3, -0.25) is 9.78 Å². The van der Waals surface area contributed by atoms with Gasteiger partial charge < -0.3 is 10.4 Å². The maximum absolute atomic E-state index is 13.8. The second-order valence-corrected chi connectivity index (χ2v) is 8.49. The minimum atomic E-state index is -4.94. The Morgan fingerprint density at radius 1 is 1.06 bits per heavy atom. The zero-order chi connectivity index (χ0) is 25.4. The molecule has 34 heavy (non-hydrogen) atoms. The number of alkyl halides is 5. The molecule has 0 saturated carbocycles. The highest BCUT2D eigenvalue weighted by molar-refractivity contribution is 7.16. The van der Waals surface area contributed by atoms with Crippen molar-refractivity contribution in [3.05, 3.63) is 63.5 Å². The molecule has 0 saturated heterocycles. The normalized spacial score (nSPS) is 12.9. The van der Waals surface area contributed by atoms with E-state index in [1.54, 1.807) is 6.92 Å². The molecule has 0 aliphatic carbocycles. The average Bonchev–Trinajstić information content (AvgIpc) is 3.22. The lowest BCUT2D eigenvalue weighted by atomic mass is 10.0. The van der Waals surface area contributed by atoms with Gasteiger partial charge in [-0.1, -0.05) is 0 Å². The minimum absolute atomic E-state index is 0.0583. The van der Waals surface area contributed by atoms with Crippen LogP contribution < -0.4 is 5.32 Å². The number of benzene rings is 1. The first-order valence-electron chi connectivity index (χ1n) is 9.61. The van der Waals surface area contributed by atoms with E-state index < -0.39 is 46.7 Å². The number of nitrogens with one attached hydrogen (secondary N) is 1. The van der Waals surface area contributed by atoms with Crippen LogP contribution in [-0.4, -0.2) is 31.9 Å². The highest BCUT2D eigenvalue weighted by Gasteiger charge is 2.35. The van der Waals surface area contributed by atoms with Crippen molar-refractivity contribution in [2.24, 2.45) is 0 Å². The summed E-state index contributed by atoms with van der Waals surface area (Å²) >= 11 is 0.822. The van der Waals surface area contributed by atoms with Crippen molar-refractivity contribution < 1.29 is 36.6 Å². The average molecular weight is 500 g/mol. The number of carbonyl (C=O) groups excluding carboxylic acids is 1. The number of rotatable bonds is 6. The van der Waals surface area contributed by atoms with Crippen LogP contribution in [0.25, 0.3) is 10.7 Å². The summed E-state index contributed by atoms with van der Waals surface area (Å²) in [4.78, 5) is 36.4. The van der Waals surface area contributed by atoms with Crippen LogP contribution in [0.2, 0.25) is 0 Å². The topological polar surface area (TPSA) is 105 Å². The van der Waals surface area contributed by atoms with Crippen LogP contribution in [-0.2, 0) is 12.1 Å². The SMILES string of the molecule is Cc1cnc(-c2ncc(C(=O)O)s2)c(C(C)NC(=O)c2cc(C(C)(F)F)cc(C(F)(F)F)c2)n1. The molecule has 0 fully saturated rings. The van der Waals surface area contributed by atoms with E-state index in [2.05, 4.69) is 20.3 Å². The van der Waals surface area contributed by atoms with Crippen molar-refractivity contribution in [1.29, 1.82) is 0 Å². The summed E-state index contributed by atoms with van der Waals surface area (Å²) in [7, 11) is 0. The van der Waals surface area contributed by atoms with Crippen LogP contribution in [0.3, 0.4) is 0 Å². The molecule has 3 rings (SSSR count). The first-order valence-corrected chi connectivity index (χ1v) is 10.4. The van der Waals surface area contributed by atoms with Crippen LogP contribution in [0.1, 0.15) is 62.4 Å². The molecular weight excluding hydrogens is 483 g/mol. The van der Waals surface area contributed by atoms with Gasteiger partial charge in [0, 0.05) is 24.2 Å². The van der Waals surface area contributed by atoms with E-state index in [0.29, 0.717) is 30.8 Å². The van der Waals surface area contributed by atoms with Crippen LogP contribution in [0.15, 0.2) is 30.6 Å². The number of halogens is 5. The molecule has 1 amide bonds. The van der Waals surface area contributed by atoms with E-state index in [-0.39, 0.29) is 21.3 Å². The van der Waals surface area contributed by atoms with Gasteiger partial charge in [-0.15, -0.1) is 11.3 Å². The monoisotopic (exact) mass is 500 g/mol. The lowest BCUT2D eigenvalue weighted by Crippen LogP contribution is -2.29. The lowest BCUT2D eigenvalue weighted by molar-refractivity contribution is -0.137. The number of nitrogens with zero attached hydrogens (tertiary/aromatic N) is 3. The van der Waals surface area contributed by atoms with Crippen molar-refractivity contribution in [1.82, 2.24) is 20.3 Å². The molecule has 1 unspecified atom stereocenters. The van der Waals surface area contributed by atoms with Gasteiger partial charge in [0.25, 0.3) is 11.8 Å². The van der Waals surface area contributed by atoms with Gasteiger partial charge >= 0.3 is 12.1 Å².